The minimum atomic E-state index is -0.796. The molecule has 3 aliphatic rings. The summed E-state index contributed by atoms with van der Waals surface area (Å²) in [6.07, 6.45) is 13.3. The summed E-state index contributed by atoms with van der Waals surface area (Å²) in [6.45, 7) is 21.9. The molecule has 0 saturated heterocycles. The Balaban J connectivity index is 1.81. The van der Waals surface area contributed by atoms with Gasteiger partial charge in [0.2, 0.25) is 0 Å². The van der Waals surface area contributed by atoms with Gasteiger partial charge in [0.15, 0.2) is 0 Å². The van der Waals surface area contributed by atoms with Crippen molar-refractivity contribution in [3.05, 3.63) is 32.6 Å². The van der Waals surface area contributed by atoms with Crippen LogP contribution in [0, 0.1) is 44.3 Å². The molecule has 51 heavy (non-hydrogen) atoms. The van der Waals surface area contributed by atoms with E-state index >= 15 is 0 Å². The number of hydrogen-bond acceptors (Lipinski definition) is 9. The summed E-state index contributed by atoms with van der Waals surface area (Å²) in [7, 11) is 0. The Morgan fingerprint density at radius 1 is 0.941 bits per heavy atom. The smallest absolute Gasteiger partial charge is 0.312 e. The molecule has 0 radical (unpaired) electrons. The zero-order valence-corrected chi connectivity index (χ0v) is 33.3. The van der Waals surface area contributed by atoms with Crippen LogP contribution in [0.3, 0.4) is 0 Å². The highest BCUT2D eigenvalue weighted by Gasteiger charge is 2.66. The Morgan fingerprint density at radius 3 is 2.24 bits per heavy atom. The zero-order valence-electron chi connectivity index (χ0n) is 33.3. The molecule has 0 aromatic heterocycles. The van der Waals surface area contributed by atoms with Crippen molar-refractivity contribution in [2.24, 2.45) is 44.9 Å². The molecule has 3 saturated carbocycles. The van der Waals surface area contributed by atoms with Gasteiger partial charge in [-0.15, -0.1) is 4.91 Å². The van der Waals surface area contributed by atoms with Crippen LogP contribution < -0.4 is 16.0 Å². The molecular weight excluding hydrogens is 642 g/mol. The zero-order chi connectivity index (χ0) is 37.6. The highest BCUT2D eigenvalue weighted by atomic mass is 16.5. The third-order valence-corrected chi connectivity index (χ3v) is 13.2. The summed E-state index contributed by atoms with van der Waals surface area (Å²) in [5.41, 5.74) is 1.57. The Bertz CT molecular complexity index is 1220. The number of carbonyl (C=O) groups excluding carboxylic acids is 2. The number of ether oxygens (including phenoxy) is 1. The van der Waals surface area contributed by atoms with Gasteiger partial charge in [0.25, 0.3) is 0 Å². The molecule has 10 nitrogen and oxygen atoms in total. The lowest BCUT2D eigenvalue weighted by atomic mass is 9.43. The van der Waals surface area contributed by atoms with Crippen molar-refractivity contribution < 1.29 is 14.3 Å². The number of unbranched alkanes of at least 4 members (excludes halogenated alkanes) is 2. The maximum absolute atomic E-state index is 13.1. The van der Waals surface area contributed by atoms with Crippen LogP contribution in [0.5, 0.6) is 0 Å². The number of carbonyl (C=O) groups is 2. The normalized spacial score (nSPS) is 30.8. The number of amides is 1. The summed E-state index contributed by atoms with van der Waals surface area (Å²) in [6, 6.07) is 0.00114. The van der Waals surface area contributed by atoms with Crippen molar-refractivity contribution in [1.82, 2.24) is 16.0 Å². The summed E-state index contributed by atoms with van der Waals surface area (Å²) in [4.78, 5) is 50.1. The maximum Gasteiger partial charge on any atom is 0.312 e. The van der Waals surface area contributed by atoms with Gasteiger partial charge in [-0.05, 0) is 138 Å². The fourth-order valence-electron chi connectivity index (χ4n) is 10.1. The number of esters is 1. The van der Waals surface area contributed by atoms with Crippen LogP contribution in [-0.4, -0.2) is 62.8 Å². The SMILES string of the molecule is CCCCNCCNCCCNC(CCCC)C(C)C1CCC2(C)C(C1)C(N=O)CC1/C(=C(\CCC=C(C)C)C(=O)N=O)C(OC(C)=O)CC12C. The van der Waals surface area contributed by atoms with Crippen molar-refractivity contribution >= 4 is 11.9 Å². The van der Waals surface area contributed by atoms with Gasteiger partial charge in [0.1, 0.15) is 6.10 Å². The van der Waals surface area contributed by atoms with Gasteiger partial charge >= 0.3 is 11.9 Å². The molecule has 0 aromatic rings. The molecule has 0 bridgehead atoms. The second-order valence-electron chi connectivity index (χ2n) is 16.7. The van der Waals surface area contributed by atoms with E-state index in [4.69, 9.17) is 4.74 Å². The van der Waals surface area contributed by atoms with E-state index in [0.717, 1.165) is 76.8 Å². The molecule has 0 aliphatic heterocycles. The Morgan fingerprint density at radius 2 is 1.63 bits per heavy atom. The van der Waals surface area contributed by atoms with Crippen LogP contribution in [0.2, 0.25) is 0 Å². The molecule has 3 N–H and O–H groups in total. The lowest BCUT2D eigenvalue weighted by Crippen LogP contribution is -2.57. The highest BCUT2D eigenvalue weighted by Crippen LogP contribution is 2.70. The van der Waals surface area contributed by atoms with Crippen molar-refractivity contribution in [2.45, 2.75) is 157 Å². The van der Waals surface area contributed by atoms with Crippen LogP contribution >= 0.6 is 0 Å². The molecule has 3 fully saturated rings. The summed E-state index contributed by atoms with van der Waals surface area (Å²) < 4.78 is 5.96. The van der Waals surface area contributed by atoms with E-state index in [1.54, 1.807) is 0 Å². The number of allylic oxidation sites excluding steroid dienone is 2. The Hall–Kier alpha value is -2.30. The predicted octanol–water partition coefficient (Wildman–Crippen LogP) is 8.40. The topological polar surface area (TPSA) is 138 Å². The fourth-order valence-corrected chi connectivity index (χ4v) is 10.1. The van der Waals surface area contributed by atoms with Crippen molar-refractivity contribution in [1.29, 1.82) is 0 Å². The van der Waals surface area contributed by atoms with Crippen LogP contribution in [-0.2, 0) is 14.3 Å². The van der Waals surface area contributed by atoms with E-state index in [2.05, 4.69) is 60.9 Å². The van der Waals surface area contributed by atoms with E-state index in [0.29, 0.717) is 54.7 Å². The number of fused-ring (bicyclic) bond motifs is 3. The van der Waals surface area contributed by atoms with Crippen LogP contribution in [0.4, 0.5) is 0 Å². The van der Waals surface area contributed by atoms with Gasteiger partial charge in [-0.2, -0.15) is 4.91 Å². The van der Waals surface area contributed by atoms with Gasteiger partial charge in [0.05, 0.1) is 6.04 Å². The van der Waals surface area contributed by atoms with Crippen LogP contribution in [0.15, 0.2) is 33.1 Å². The minimum absolute atomic E-state index is 0.0887. The van der Waals surface area contributed by atoms with Gasteiger partial charge in [-0.1, -0.05) is 70.7 Å². The minimum Gasteiger partial charge on any atom is -0.458 e. The maximum atomic E-state index is 13.1. The van der Waals surface area contributed by atoms with Crippen molar-refractivity contribution in [3.8, 4) is 0 Å². The average Bonchev–Trinajstić information content (AvgIpc) is 3.38. The molecule has 3 aliphatic carbocycles. The molecule has 0 aromatic carbocycles. The van der Waals surface area contributed by atoms with Crippen LogP contribution in [0.25, 0.3) is 0 Å². The molecule has 9 unspecified atom stereocenters. The summed E-state index contributed by atoms with van der Waals surface area (Å²) in [5, 5.41) is 17.7. The molecule has 3 rings (SSSR count). The molecular formula is C41H71N5O5. The first-order valence-corrected chi connectivity index (χ1v) is 20.3. The quantitative estimate of drug-likeness (QED) is 0.0334. The van der Waals surface area contributed by atoms with Gasteiger partial charge in [-0.3, -0.25) is 9.59 Å². The second-order valence-corrected chi connectivity index (χ2v) is 16.7. The lowest BCUT2D eigenvalue weighted by Gasteiger charge is -2.61. The number of rotatable bonds is 22. The molecule has 0 spiro atoms. The van der Waals surface area contributed by atoms with E-state index < -0.39 is 24.0 Å². The highest BCUT2D eigenvalue weighted by molar-refractivity contribution is 5.95. The molecule has 10 heteroatoms. The molecule has 1 amide bonds. The van der Waals surface area contributed by atoms with E-state index in [-0.39, 0.29) is 22.7 Å². The third-order valence-electron chi connectivity index (χ3n) is 13.2. The van der Waals surface area contributed by atoms with Gasteiger partial charge in [0, 0.05) is 36.8 Å². The number of hydrogen-bond donors (Lipinski definition) is 3. The first-order chi connectivity index (χ1) is 24.4. The van der Waals surface area contributed by atoms with Crippen molar-refractivity contribution in [3.63, 3.8) is 0 Å². The number of nitrogens with zero attached hydrogens (tertiary/aromatic N) is 2. The first-order valence-electron chi connectivity index (χ1n) is 20.3. The van der Waals surface area contributed by atoms with Crippen LogP contribution in [0.1, 0.15) is 139 Å². The van der Waals surface area contributed by atoms with E-state index in [1.165, 1.54) is 26.2 Å². The number of nitrogens with one attached hydrogen (secondary N) is 3. The molecule has 9 atom stereocenters. The van der Waals surface area contributed by atoms with Crippen molar-refractivity contribution in [2.75, 3.05) is 32.7 Å². The standard InChI is InChI=1S/C41H71N5O5/c1-9-11-17-35(44-22-14-21-43-24-23-42-20-12-10-2)29(5)31-18-19-40(7)33(25-31)36(45-49)26-34-38(37(51-30(6)47)27-41(34,40)8)32(39(48)46-50)16-13-15-28(3)4/h15,29,31,33-37,42-44H,9-14,16-27H2,1-8H3/b38-32-. The lowest BCUT2D eigenvalue weighted by molar-refractivity contribution is -0.147. The summed E-state index contributed by atoms with van der Waals surface area (Å²) in [5.74, 6) is -0.400. The Labute approximate surface area is 308 Å². The third kappa shape index (κ3) is 10.9. The average molecular weight is 714 g/mol. The second kappa shape index (κ2) is 20.8. The largest absolute Gasteiger partial charge is 0.458 e. The van der Waals surface area contributed by atoms with Gasteiger partial charge < -0.3 is 20.7 Å². The van der Waals surface area contributed by atoms with Gasteiger partial charge in [-0.25, -0.2) is 0 Å². The first kappa shape index (κ1) is 43.1. The monoisotopic (exact) mass is 714 g/mol. The summed E-state index contributed by atoms with van der Waals surface area (Å²) >= 11 is 0. The molecule has 290 valence electrons. The van der Waals surface area contributed by atoms with E-state index in [9.17, 15) is 19.4 Å². The van der Waals surface area contributed by atoms with E-state index in [1.807, 2.05) is 19.9 Å². The molecule has 0 heterocycles. The predicted molar refractivity (Wildman–Crippen MR) is 207 cm³/mol. The Kier molecular flexibility index (Phi) is 17.6. The number of nitroso groups, excluding NO2 is 2. The fraction of sp³-hybridized carbons (Fsp3) is 0.854.